The first-order valence-corrected chi connectivity index (χ1v) is 6.28. The number of hydrogen-bond donors (Lipinski definition) is 3. The minimum absolute atomic E-state index is 0.00434. The van der Waals surface area contributed by atoms with E-state index in [1.54, 1.807) is 13.1 Å². The van der Waals surface area contributed by atoms with Gasteiger partial charge in [0.15, 0.2) is 0 Å². The summed E-state index contributed by atoms with van der Waals surface area (Å²) in [5.41, 5.74) is -0.219. The Bertz CT molecular complexity index is 469. The first-order chi connectivity index (χ1) is 9.32. The van der Waals surface area contributed by atoms with Gasteiger partial charge in [-0.1, -0.05) is 6.07 Å². The molecule has 1 fully saturated rings. The minimum atomic E-state index is -4.47. The van der Waals surface area contributed by atoms with Gasteiger partial charge in [-0.3, -0.25) is 0 Å². The van der Waals surface area contributed by atoms with Crippen LogP contribution in [0.25, 0.3) is 0 Å². The average molecular weight is 290 g/mol. The fraction of sp³-hybridized carbons (Fsp3) is 0.538. The second kappa shape index (κ2) is 5.59. The summed E-state index contributed by atoms with van der Waals surface area (Å²) >= 11 is 0. The number of alkyl halides is 3. The molecule has 0 bridgehead atoms. The summed E-state index contributed by atoms with van der Waals surface area (Å²) in [4.78, 5) is 1.36. The van der Waals surface area contributed by atoms with Crippen molar-refractivity contribution in [3.63, 3.8) is 0 Å². The molecule has 0 saturated carbocycles. The highest BCUT2D eigenvalue weighted by Gasteiger charge is 2.38. The maximum absolute atomic E-state index is 13.1. The SMILES string of the molecule is CNCc1ccc(N2CC(O)C(O)C2)c(C(F)(F)F)c1. The lowest BCUT2D eigenvalue weighted by Crippen LogP contribution is -2.25. The van der Waals surface area contributed by atoms with E-state index in [0.717, 1.165) is 6.07 Å². The van der Waals surface area contributed by atoms with Gasteiger partial charge in [-0.25, -0.2) is 0 Å². The first-order valence-electron chi connectivity index (χ1n) is 6.28. The fourth-order valence-electron chi connectivity index (χ4n) is 2.37. The van der Waals surface area contributed by atoms with Crippen LogP contribution in [-0.2, 0) is 12.7 Å². The molecule has 2 unspecified atom stereocenters. The highest BCUT2D eigenvalue weighted by molar-refractivity contribution is 5.57. The van der Waals surface area contributed by atoms with Crippen LogP contribution >= 0.6 is 0 Å². The molecule has 0 radical (unpaired) electrons. The number of halogens is 3. The Labute approximate surface area is 114 Å². The number of benzene rings is 1. The third-order valence-electron chi connectivity index (χ3n) is 3.35. The van der Waals surface area contributed by atoms with Crippen molar-refractivity contribution in [2.75, 3.05) is 25.0 Å². The number of aliphatic hydroxyl groups excluding tert-OH is 2. The average Bonchev–Trinajstić information content (AvgIpc) is 2.69. The largest absolute Gasteiger partial charge is 0.418 e. The van der Waals surface area contributed by atoms with Gasteiger partial charge in [0.1, 0.15) is 0 Å². The summed E-state index contributed by atoms with van der Waals surface area (Å²) in [5, 5.41) is 21.8. The molecule has 0 aromatic heterocycles. The quantitative estimate of drug-likeness (QED) is 0.776. The van der Waals surface area contributed by atoms with Gasteiger partial charge in [-0.2, -0.15) is 13.2 Å². The topological polar surface area (TPSA) is 55.7 Å². The van der Waals surface area contributed by atoms with Crippen LogP contribution in [0.15, 0.2) is 18.2 Å². The third kappa shape index (κ3) is 3.05. The molecule has 1 aliphatic heterocycles. The van der Waals surface area contributed by atoms with Crippen LogP contribution in [0.4, 0.5) is 18.9 Å². The van der Waals surface area contributed by atoms with Gasteiger partial charge < -0.3 is 20.4 Å². The van der Waals surface area contributed by atoms with Crippen molar-refractivity contribution in [1.82, 2.24) is 5.32 Å². The molecule has 1 aliphatic rings. The van der Waals surface area contributed by atoms with Crippen LogP contribution in [0, 0.1) is 0 Å². The minimum Gasteiger partial charge on any atom is -0.389 e. The molecule has 4 nitrogen and oxygen atoms in total. The lowest BCUT2D eigenvalue weighted by Gasteiger charge is -2.23. The molecule has 20 heavy (non-hydrogen) atoms. The summed E-state index contributed by atoms with van der Waals surface area (Å²) in [6, 6.07) is 4.10. The second-order valence-corrected chi connectivity index (χ2v) is 4.92. The van der Waals surface area contributed by atoms with Crippen molar-refractivity contribution in [3.05, 3.63) is 29.3 Å². The van der Waals surface area contributed by atoms with Crippen molar-refractivity contribution in [2.45, 2.75) is 24.9 Å². The van der Waals surface area contributed by atoms with Gasteiger partial charge in [0.05, 0.1) is 17.8 Å². The zero-order valence-electron chi connectivity index (χ0n) is 11.0. The zero-order valence-corrected chi connectivity index (χ0v) is 11.0. The highest BCUT2D eigenvalue weighted by Crippen LogP contribution is 2.38. The Morgan fingerprint density at radius 2 is 1.85 bits per heavy atom. The van der Waals surface area contributed by atoms with Gasteiger partial charge in [0.2, 0.25) is 0 Å². The number of nitrogens with one attached hydrogen (secondary N) is 1. The van der Waals surface area contributed by atoms with Crippen molar-refractivity contribution in [2.24, 2.45) is 0 Å². The molecule has 1 aromatic rings. The van der Waals surface area contributed by atoms with E-state index >= 15 is 0 Å². The molecular formula is C13H17F3N2O2. The Hall–Kier alpha value is -1.31. The molecule has 7 heteroatoms. The Balaban J connectivity index is 2.37. The van der Waals surface area contributed by atoms with Crippen LogP contribution in [0.1, 0.15) is 11.1 Å². The number of rotatable bonds is 3. The van der Waals surface area contributed by atoms with Gasteiger partial charge in [-0.15, -0.1) is 0 Å². The molecule has 3 N–H and O–H groups in total. The predicted molar refractivity (Wildman–Crippen MR) is 68.4 cm³/mol. The highest BCUT2D eigenvalue weighted by atomic mass is 19.4. The molecule has 0 spiro atoms. The number of anilines is 1. The van der Waals surface area contributed by atoms with Crippen molar-refractivity contribution in [3.8, 4) is 0 Å². The van der Waals surface area contributed by atoms with Crippen LogP contribution in [0.5, 0.6) is 0 Å². The normalized spacial score (nSPS) is 23.4. The molecule has 1 heterocycles. The summed E-state index contributed by atoms with van der Waals surface area (Å²) in [6.45, 7) is 0.333. The van der Waals surface area contributed by atoms with Gasteiger partial charge in [0.25, 0.3) is 0 Å². The van der Waals surface area contributed by atoms with Gasteiger partial charge >= 0.3 is 6.18 Å². The molecule has 2 atom stereocenters. The zero-order chi connectivity index (χ0) is 14.9. The third-order valence-corrected chi connectivity index (χ3v) is 3.35. The van der Waals surface area contributed by atoms with E-state index in [1.165, 1.54) is 11.0 Å². The number of β-amino-alcohol motifs (C(OH)–C–C–N with tert-alkyl or cyclic N) is 2. The van der Waals surface area contributed by atoms with Crippen LogP contribution < -0.4 is 10.2 Å². The molecule has 0 amide bonds. The standard InChI is InChI=1S/C13H17F3N2O2/c1-17-5-8-2-3-10(9(4-8)13(14,15)16)18-6-11(19)12(20)7-18/h2-4,11-12,17,19-20H,5-7H2,1H3. The number of hydrogen-bond acceptors (Lipinski definition) is 4. The molecule has 112 valence electrons. The molecular weight excluding hydrogens is 273 g/mol. The molecule has 1 saturated heterocycles. The van der Waals surface area contributed by atoms with Crippen LogP contribution in [0.3, 0.4) is 0 Å². The second-order valence-electron chi connectivity index (χ2n) is 4.92. The summed E-state index contributed by atoms with van der Waals surface area (Å²) in [7, 11) is 1.66. The summed E-state index contributed by atoms with van der Waals surface area (Å²) in [5.74, 6) is 0. The molecule has 1 aromatic carbocycles. The predicted octanol–water partition coefficient (Wildman–Crippen LogP) is 0.967. The van der Waals surface area contributed by atoms with Gasteiger partial charge in [-0.05, 0) is 24.7 Å². The number of aliphatic hydroxyl groups is 2. The molecule has 0 aliphatic carbocycles. The van der Waals surface area contributed by atoms with Crippen molar-refractivity contribution >= 4 is 5.69 Å². The van der Waals surface area contributed by atoms with E-state index in [4.69, 9.17) is 0 Å². The van der Waals surface area contributed by atoms with E-state index in [0.29, 0.717) is 12.1 Å². The van der Waals surface area contributed by atoms with Crippen molar-refractivity contribution < 1.29 is 23.4 Å². The maximum Gasteiger partial charge on any atom is 0.418 e. The Kier molecular flexibility index (Phi) is 4.22. The van der Waals surface area contributed by atoms with Gasteiger partial charge in [0, 0.05) is 25.3 Å². The Morgan fingerprint density at radius 1 is 1.25 bits per heavy atom. The maximum atomic E-state index is 13.1. The summed E-state index contributed by atoms with van der Waals surface area (Å²) in [6.07, 6.45) is -6.52. The Morgan fingerprint density at radius 3 is 2.35 bits per heavy atom. The van der Waals surface area contributed by atoms with E-state index < -0.39 is 23.9 Å². The molecule has 2 rings (SSSR count). The summed E-state index contributed by atoms with van der Waals surface area (Å²) < 4.78 is 39.4. The lowest BCUT2D eigenvalue weighted by molar-refractivity contribution is -0.137. The monoisotopic (exact) mass is 290 g/mol. The lowest BCUT2D eigenvalue weighted by atomic mass is 10.1. The first kappa shape index (κ1) is 15.1. The van der Waals surface area contributed by atoms with E-state index in [9.17, 15) is 23.4 Å². The van der Waals surface area contributed by atoms with Crippen LogP contribution in [0.2, 0.25) is 0 Å². The fourth-order valence-corrected chi connectivity index (χ4v) is 2.37. The number of nitrogens with zero attached hydrogens (tertiary/aromatic N) is 1. The van der Waals surface area contributed by atoms with E-state index in [-0.39, 0.29) is 18.8 Å². The van der Waals surface area contributed by atoms with Crippen LogP contribution in [-0.4, -0.2) is 42.6 Å². The van der Waals surface area contributed by atoms with Crippen molar-refractivity contribution in [1.29, 1.82) is 0 Å². The van der Waals surface area contributed by atoms with E-state index in [2.05, 4.69) is 5.32 Å². The smallest absolute Gasteiger partial charge is 0.389 e. The van der Waals surface area contributed by atoms with E-state index in [1.807, 2.05) is 0 Å².